The average Bonchev–Trinajstić information content (AvgIpc) is 3.17. The van der Waals surface area contributed by atoms with Gasteiger partial charge in [0.2, 0.25) is 5.95 Å². The van der Waals surface area contributed by atoms with Crippen molar-refractivity contribution in [2.45, 2.75) is 34.1 Å². The lowest BCUT2D eigenvalue weighted by Gasteiger charge is -2.18. The second-order valence-corrected chi connectivity index (χ2v) is 7.39. The minimum Gasteiger partial charge on any atom is -0.493 e. The Labute approximate surface area is 167 Å². The van der Waals surface area contributed by atoms with E-state index in [4.69, 9.17) is 4.74 Å². The number of nitrogens with zero attached hydrogens (tertiary/aromatic N) is 3. The molecule has 28 heavy (non-hydrogen) atoms. The van der Waals surface area contributed by atoms with Gasteiger partial charge in [-0.05, 0) is 38.0 Å². The third kappa shape index (κ3) is 5.50. The number of hydrogen-bond acceptors (Lipinski definition) is 5. The molecular formula is C22H30FN3O2. The fourth-order valence-corrected chi connectivity index (χ4v) is 3.19. The number of carbonyl (C=O) groups excluding carboxylic acids is 1. The van der Waals surface area contributed by atoms with Crippen molar-refractivity contribution >= 4 is 11.7 Å². The standard InChI is InChI=1S/C21H27N3O2.CH3F/c1-14(2)20(25)18-11-16(4)22-21(23-18)24-10-9-17(12-24)13-26-19-8-6-5-7-15(19)3;1-2/h5-8,11,14,17H,9-10,12-13H2,1-4H3;1H3. The molecule has 1 saturated heterocycles. The number of para-hydroxylation sites is 1. The number of rotatable bonds is 6. The number of ether oxygens (including phenoxy) is 1. The number of alkyl halides is 1. The number of anilines is 1. The number of hydrogen-bond donors (Lipinski definition) is 0. The van der Waals surface area contributed by atoms with E-state index in [1.807, 2.05) is 39.0 Å². The zero-order valence-corrected chi connectivity index (χ0v) is 17.4. The van der Waals surface area contributed by atoms with Crippen molar-refractivity contribution < 1.29 is 13.9 Å². The fourth-order valence-electron chi connectivity index (χ4n) is 3.19. The summed E-state index contributed by atoms with van der Waals surface area (Å²) in [4.78, 5) is 23.5. The lowest BCUT2D eigenvalue weighted by atomic mass is 10.1. The van der Waals surface area contributed by atoms with Crippen molar-refractivity contribution in [2.24, 2.45) is 11.8 Å². The van der Waals surface area contributed by atoms with E-state index in [-0.39, 0.29) is 11.7 Å². The van der Waals surface area contributed by atoms with E-state index in [2.05, 4.69) is 27.9 Å². The quantitative estimate of drug-likeness (QED) is 0.687. The number of halogens is 1. The van der Waals surface area contributed by atoms with E-state index in [1.165, 1.54) is 0 Å². The first-order valence-electron chi connectivity index (χ1n) is 9.65. The van der Waals surface area contributed by atoms with Crippen LogP contribution in [-0.2, 0) is 0 Å². The van der Waals surface area contributed by atoms with E-state index in [0.29, 0.717) is 31.3 Å². The Morgan fingerprint density at radius 2 is 1.96 bits per heavy atom. The minimum atomic E-state index is -0.0639. The summed E-state index contributed by atoms with van der Waals surface area (Å²) in [5.41, 5.74) is 2.50. The summed E-state index contributed by atoms with van der Waals surface area (Å²) in [5.74, 6) is 2.04. The molecule has 3 rings (SSSR count). The molecule has 1 atom stereocenters. The highest BCUT2D eigenvalue weighted by atomic mass is 19.1. The number of ketones is 1. The van der Waals surface area contributed by atoms with Crippen LogP contribution in [0.25, 0.3) is 0 Å². The van der Waals surface area contributed by atoms with E-state index >= 15 is 0 Å². The molecule has 2 heterocycles. The zero-order valence-electron chi connectivity index (χ0n) is 17.4. The Morgan fingerprint density at radius 1 is 1.25 bits per heavy atom. The highest BCUT2D eigenvalue weighted by molar-refractivity contribution is 5.95. The van der Waals surface area contributed by atoms with Crippen LogP contribution in [0.4, 0.5) is 10.3 Å². The van der Waals surface area contributed by atoms with Crippen molar-refractivity contribution in [2.75, 3.05) is 31.8 Å². The van der Waals surface area contributed by atoms with Gasteiger partial charge in [-0.15, -0.1) is 0 Å². The van der Waals surface area contributed by atoms with Gasteiger partial charge in [0.05, 0.1) is 13.8 Å². The first-order valence-corrected chi connectivity index (χ1v) is 9.65. The molecule has 5 nitrogen and oxygen atoms in total. The van der Waals surface area contributed by atoms with Gasteiger partial charge in [0, 0.05) is 30.6 Å². The molecular weight excluding hydrogens is 357 g/mol. The smallest absolute Gasteiger partial charge is 0.226 e. The molecule has 1 unspecified atom stereocenters. The van der Waals surface area contributed by atoms with Crippen molar-refractivity contribution in [1.29, 1.82) is 0 Å². The van der Waals surface area contributed by atoms with E-state index in [9.17, 15) is 9.18 Å². The number of carbonyl (C=O) groups is 1. The molecule has 1 aromatic heterocycles. The minimum absolute atomic E-state index is 0.0639. The molecule has 1 fully saturated rings. The maximum absolute atomic E-state index is 12.3. The van der Waals surface area contributed by atoms with E-state index < -0.39 is 0 Å². The fraction of sp³-hybridized carbons (Fsp3) is 0.500. The molecule has 1 aliphatic heterocycles. The maximum Gasteiger partial charge on any atom is 0.226 e. The Balaban J connectivity index is 0.00000136. The summed E-state index contributed by atoms with van der Waals surface area (Å²) >= 11 is 0. The molecule has 0 radical (unpaired) electrons. The molecule has 1 aliphatic rings. The van der Waals surface area contributed by atoms with Crippen LogP contribution >= 0.6 is 0 Å². The zero-order chi connectivity index (χ0) is 20.7. The number of aromatic nitrogens is 2. The Hall–Kier alpha value is -2.50. The van der Waals surface area contributed by atoms with Crippen LogP contribution in [0, 0.1) is 25.7 Å². The van der Waals surface area contributed by atoms with Crippen molar-refractivity contribution in [1.82, 2.24) is 9.97 Å². The maximum atomic E-state index is 12.3. The third-order valence-corrected chi connectivity index (χ3v) is 4.76. The second-order valence-electron chi connectivity index (χ2n) is 7.39. The first kappa shape index (κ1) is 21.8. The normalized spacial score (nSPS) is 16.0. The number of Topliss-reactive ketones (excluding diaryl/α,β-unsaturated/α-hetero) is 1. The summed E-state index contributed by atoms with van der Waals surface area (Å²) in [6.07, 6.45) is 1.04. The summed E-state index contributed by atoms with van der Waals surface area (Å²) in [6, 6.07) is 9.86. The van der Waals surface area contributed by atoms with Crippen LogP contribution in [0.1, 0.15) is 42.0 Å². The van der Waals surface area contributed by atoms with Gasteiger partial charge in [-0.1, -0.05) is 32.0 Å². The van der Waals surface area contributed by atoms with Crippen LogP contribution in [0.3, 0.4) is 0 Å². The highest BCUT2D eigenvalue weighted by Gasteiger charge is 2.26. The summed E-state index contributed by atoms with van der Waals surface area (Å²) < 4.78 is 15.5. The molecule has 0 saturated carbocycles. The molecule has 6 heteroatoms. The van der Waals surface area contributed by atoms with Crippen LogP contribution < -0.4 is 9.64 Å². The molecule has 0 bridgehead atoms. The lowest BCUT2D eigenvalue weighted by molar-refractivity contribution is 0.0934. The van der Waals surface area contributed by atoms with Crippen molar-refractivity contribution in [3.05, 3.63) is 47.3 Å². The van der Waals surface area contributed by atoms with Gasteiger partial charge in [-0.2, -0.15) is 0 Å². The monoisotopic (exact) mass is 387 g/mol. The summed E-state index contributed by atoms with van der Waals surface area (Å²) in [6.45, 7) is 10.2. The van der Waals surface area contributed by atoms with Crippen molar-refractivity contribution in [3.8, 4) is 5.75 Å². The SMILES string of the molecule is CF.Cc1cc(C(=O)C(C)C)nc(N2CCC(COc3ccccc3C)C2)n1. The van der Waals surface area contributed by atoms with Gasteiger partial charge >= 0.3 is 0 Å². The predicted octanol–water partition coefficient (Wildman–Crippen LogP) is 4.42. The van der Waals surface area contributed by atoms with Crippen molar-refractivity contribution in [3.63, 3.8) is 0 Å². The van der Waals surface area contributed by atoms with Gasteiger partial charge in [0.25, 0.3) is 0 Å². The highest BCUT2D eigenvalue weighted by Crippen LogP contribution is 2.24. The Kier molecular flexibility index (Phi) is 7.91. The molecule has 0 spiro atoms. The Morgan fingerprint density at radius 3 is 2.64 bits per heavy atom. The topological polar surface area (TPSA) is 55.3 Å². The summed E-state index contributed by atoms with van der Waals surface area (Å²) in [7, 11) is 0.500. The van der Waals surface area contributed by atoms with Gasteiger partial charge < -0.3 is 9.64 Å². The third-order valence-electron chi connectivity index (χ3n) is 4.76. The Bertz CT molecular complexity index is 795. The molecule has 152 valence electrons. The number of benzene rings is 1. The number of aryl methyl sites for hydroxylation is 2. The first-order chi connectivity index (χ1) is 13.4. The van der Waals surface area contributed by atoms with Gasteiger partial charge in [-0.3, -0.25) is 9.18 Å². The average molecular weight is 387 g/mol. The van der Waals surface area contributed by atoms with E-state index in [0.717, 1.165) is 36.5 Å². The van der Waals surface area contributed by atoms with Gasteiger partial charge in [0.15, 0.2) is 5.78 Å². The van der Waals surface area contributed by atoms with Crippen LogP contribution in [0.15, 0.2) is 30.3 Å². The second kappa shape index (κ2) is 10.2. The van der Waals surface area contributed by atoms with Crippen LogP contribution in [-0.4, -0.2) is 42.6 Å². The van der Waals surface area contributed by atoms with Crippen LogP contribution in [0.5, 0.6) is 5.75 Å². The predicted molar refractivity (Wildman–Crippen MR) is 110 cm³/mol. The molecule has 0 amide bonds. The lowest BCUT2D eigenvalue weighted by Crippen LogP contribution is -2.25. The molecule has 0 N–H and O–H groups in total. The van der Waals surface area contributed by atoms with Gasteiger partial charge in [0.1, 0.15) is 11.4 Å². The molecule has 1 aromatic carbocycles. The van der Waals surface area contributed by atoms with E-state index in [1.54, 1.807) is 6.07 Å². The largest absolute Gasteiger partial charge is 0.493 e. The summed E-state index contributed by atoms with van der Waals surface area (Å²) in [5, 5.41) is 0. The molecule has 2 aromatic rings. The van der Waals surface area contributed by atoms with Gasteiger partial charge in [-0.25, -0.2) is 9.97 Å². The van der Waals surface area contributed by atoms with Crippen LogP contribution in [0.2, 0.25) is 0 Å². The molecule has 0 aliphatic carbocycles.